The predicted octanol–water partition coefficient (Wildman–Crippen LogP) is 2.66. The number of guanidine groups is 1. The van der Waals surface area contributed by atoms with Crippen LogP contribution in [-0.2, 0) is 0 Å². The Morgan fingerprint density at radius 3 is 2.27 bits per heavy atom. The van der Waals surface area contributed by atoms with Crippen molar-refractivity contribution in [2.45, 2.75) is 46.5 Å². The Morgan fingerprint density at radius 1 is 1.18 bits per heavy atom. The molecule has 1 N–H and O–H groups in total. The van der Waals surface area contributed by atoms with Gasteiger partial charge < -0.3 is 15.1 Å². The van der Waals surface area contributed by atoms with Gasteiger partial charge in [-0.3, -0.25) is 4.99 Å². The molecule has 1 aliphatic heterocycles. The monoisotopic (exact) mass is 308 g/mol. The summed E-state index contributed by atoms with van der Waals surface area (Å²) in [7, 11) is 4.28. The summed E-state index contributed by atoms with van der Waals surface area (Å²) in [6, 6.07) is 0. The van der Waals surface area contributed by atoms with Crippen molar-refractivity contribution in [2.24, 2.45) is 22.2 Å². The molecule has 0 radical (unpaired) electrons. The number of nitrogens with zero attached hydrogens (tertiary/aromatic N) is 3. The first-order valence-electron chi connectivity index (χ1n) is 9.09. The van der Waals surface area contributed by atoms with E-state index in [9.17, 15) is 0 Å². The first-order chi connectivity index (χ1) is 10.4. The Kier molecular flexibility index (Phi) is 6.13. The van der Waals surface area contributed by atoms with Gasteiger partial charge in [0.25, 0.3) is 0 Å². The highest BCUT2D eigenvalue weighted by Crippen LogP contribution is 2.36. The zero-order valence-electron chi connectivity index (χ0n) is 15.4. The number of hydrogen-bond donors (Lipinski definition) is 1. The number of fused-ring (bicyclic) bond motifs is 1. The normalized spacial score (nSPS) is 26.5. The summed E-state index contributed by atoms with van der Waals surface area (Å²) in [4.78, 5) is 9.76. The summed E-state index contributed by atoms with van der Waals surface area (Å²) in [5, 5.41) is 3.52. The molecule has 2 rings (SSSR count). The molecule has 0 aromatic carbocycles. The van der Waals surface area contributed by atoms with Crippen molar-refractivity contribution in [2.75, 3.05) is 46.8 Å². The van der Waals surface area contributed by atoms with Crippen LogP contribution in [0.15, 0.2) is 4.99 Å². The van der Waals surface area contributed by atoms with Gasteiger partial charge in [-0.05, 0) is 51.1 Å². The predicted molar refractivity (Wildman–Crippen MR) is 95.3 cm³/mol. The average molecular weight is 309 g/mol. The van der Waals surface area contributed by atoms with Gasteiger partial charge in [0.05, 0.1) is 0 Å². The molecule has 0 aromatic rings. The van der Waals surface area contributed by atoms with Gasteiger partial charge in [0.2, 0.25) is 0 Å². The molecule has 4 nitrogen and oxygen atoms in total. The van der Waals surface area contributed by atoms with E-state index in [1.165, 1.54) is 38.8 Å². The Balaban J connectivity index is 1.98. The molecule has 2 unspecified atom stereocenters. The number of likely N-dealkylation sites (tertiary alicyclic amines) is 1. The van der Waals surface area contributed by atoms with Gasteiger partial charge in [0.15, 0.2) is 5.96 Å². The minimum Gasteiger partial charge on any atom is -0.357 e. The van der Waals surface area contributed by atoms with E-state index in [1.807, 2.05) is 0 Å². The fraction of sp³-hybridized carbons (Fsp3) is 0.944. The quantitative estimate of drug-likeness (QED) is 0.626. The Hall–Kier alpha value is -0.770. The third-order valence-corrected chi connectivity index (χ3v) is 5.01. The van der Waals surface area contributed by atoms with Crippen LogP contribution in [0.25, 0.3) is 0 Å². The van der Waals surface area contributed by atoms with Crippen LogP contribution in [0.4, 0.5) is 0 Å². The highest BCUT2D eigenvalue weighted by molar-refractivity contribution is 5.80. The van der Waals surface area contributed by atoms with E-state index in [0.717, 1.165) is 37.4 Å². The molecule has 0 bridgehead atoms. The number of hydrogen-bond acceptors (Lipinski definition) is 2. The van der Waals surface area contributed by atoms with Gasteiger partial charge in [-0.25, -0.2) is 0 Å². The molecule has 2 fully saturated rings. The number of rotatable bonds is 5. The van der Waals surface area contributed by atoms with E-state index >= 15 is 0 Å². The van der Waals surface area contributed by atoms with Crippen molar-refractivity contribution in [3.63, 3.8) is 0 Å². The summed E-state index contributed by atoms with van der Waals surface area (Å²) in [5.41, 5.74) is 0.219. The fourth-order valence-corrected chi connectivity index (χ4v) is 4.20. The van der Waals surface area contributed by atoms with Gasteiger partial charge in [0, 0.05) is 32.7 Å². The van der Waals surface area contributed by atoms with Gasteiger partial charge in [0.1, 0.15) is 0 Å². The first kappa shape index (κ1) is 17.6. The summed E-state index contributed by atoms with van der Waals surface area (Å²) >= 11 is 0. The molecule has 0 amide bonds. The topological polar surface area (TPSA) is 30.9 Å². The van der Waals surface area contributed by atoms with Crippen LogP contribution in [0.5, 0.6) is 0 Å². The lowest BCUT2D eigenvalue weighted by Crippen LogP contribution is -2.41. The van der Waals surface area contributed by atoms with Crippen LogP contribution in [0.2, 0.25) is 0 Å². The van der Waals surface area contributed by atoms with Gasteiger partial charge >= 0.3 is 0 Å². The third-order valence-electron chi connectivity index (χ3n) is 5.01. The van der Waals surface area contributed by atoms with Crippen molar-refractivity contribution in [3.05, 3.63) is 0 Å². The molecule has 2 aliphatic rings. The van der Waals surface area contributed by atoms with E-state index in [-0.39, 0.29) is 5.41 Å². The van der Waals surface area contributed by atoms with Crippen LogP contribution < -0.4 is 5.32 Å². The average Bonchev–Trinajstić information content (AvgIpc) is 2.85. The number of aliphatic imine (C=N–C) groups is 1. The van der Waals surface area contributed by atoms with Crippen LogP contribution >= 0.6 is 0 Å². The largest absolute Gasteiger partial charge is 0.357 e. The van der Waals surface area contributed by atoms with Gasteiger partial charge in [-0.1, -0.05) is 26.7 Å². The van der Waals surface area contributed by atoms with E-state index in [2.05, 4.69) is 50.0 Å². The van der Waals surface area contributed by atoms with Crippen LogP contribution in [0, 0.1) is 17.3 Å². The standard InChI is InChI=1S/C18H36N4/c1-6-19-17(20-13-18(2,3)14-21(4)5)22-11-15-9-7-8-10-16(15)12-22/h15-16H,6-14H2,1-5H3,(H,19,20). The van der Waals surface area contributed by atoms with Crippen LogP contribution in [-0.4, -0.2) is 62.6 Å². The highest BCUT2D eigenvalue weighted by Gasteiger charge is 2.35. The van der Waals surface area contributed by atoms with E-state index in [4.69, 9.17) is 4.99 Å². The molecule has 0 spiro atoms. The van der Waals surface area contributed by atoms with E-state index < -0.39 is 0 Å². The summed E-state index contributed by atoms with van der Waals surface area (Å²) < 4.78 is 0. The minimum atomic E-state index is 0.219. The van der Waals surface area contributed by atoms with Crippen molar-refractivity contribution < 1.29 is 0 Å². The molecule has 4 heteroatoms. The van der Waals surface area contributed by atoms with E-state index in [0.29, 0.717) is 0 Å². The van der Waals surface area contributed by atoms with Crippen molar-refractivity contribution in [1.29, 1.82) is 0 Å². The van der Waals surface area contributed by atoms with Crippen molar-refractivity contribution >= 4 is 5.96 Å². The Bertz CT molecular complexity index is 361. The second-order valence-corrected chi connectivity index (χ2v) is 8.28. The lowest BCUT2D eigenvalue weighted by atomic mass is 9.82. The number of nitrogens with one attached hydrogen (secondary N) is 1. The third kappa shape index (κ3) is 4.87. The highest BCUT2D eigenvalue weighted by atomic mass is 15.3. The van der Waals surface area contributed by atoms with Gasteiger partial charge in [-0.15, -0.1) is 0 Å². The molecular formula is C18H36N4. The summed E-state index contributed by atoms with van der Waals surface area (Å²) in [6.45, 7) is 12.1. The maximum atomic E-state index is 4.98. The first-order valence-corrected chi connectivity index (χ1v) is 9.09. The van der Waals surface area contributed by atoms with Gasteiger partial charge in [-0.2, -0.15) is 0 Å². The zero-order valence-corrected chi connectivity index (χ0v) is 15.4. The Morgan fingerprint density at radius 2 is 1.77 bits per heavy atom. The van der Waals surface area contributed by atoms with Crippen molar-refractivity contribution in [1.82, 2.24) is 15.1 Å². The molecular weight excluding hydrogens is 272 g/mol. The Labute approximate surface area is 137 Å². The zero-order chi connectivity index (χ0) is 16.2. The second kappa shape index (κ2) is 7.67. The van der Waals surface area contributed by atoms with Crippen LogP contribution in [0.1, 0.15) is 46.5 Å². The summed E-state index contributed by atoms with van der Waals surface area (Å²) in [6.07, 6.45) is 5.70. The molecule has 128 valence electrons. The molecule has 2 atom stereocenters. The summed E-state index contributed by atoms with van der Waals surface area (Å²) in [5.74, 6) is 2.96. The SMILES string of the molecule is CCNC(=NCC(C)(C)CN(C)C)N1CC2CCCCC2C1. The molecule has 1 aliphatic carbocycles. The lowest BCUT2D eigenvalue weighted by Gasteiger charge is -2.28. The lowest BCUT2D eigenvalue weighted by molar-refractivity contribution is 0.248. The molecule has 0 aromatic heterocycles. The molecule has 1 saturated carbocycles. The second-order valence-electron chi connectivity index (χ2n) is 8.28. The van der Waals surface area contributed by atoms with Crippen molar-refractivity contribution in [3.8, 4) is 0 Å². The maximum Gasteiger partial charge on any atom is 0.193 e. The maximum absolute atomic E-state index is 4.98. The minimum absolute atomic E-state index is 0.219. The molecule has 22 heavy (non-hydrogen) atoms. The van der Waals surface area contributed by atoms with Crippen LogP contribution in [0.3, 0.4) is 0 Å². The smallest absolute Gasteiger partial charge is 0.193 e. The molecule has 1 saturated heterocycles. The fourth-order valence-electron chi connectivity index (χ4n) is 4.20. The van der Waals surface area contributed by atoms with E-state index in [1.54, 1.807) is 0 Å². The molecule has 1 heterocycles.